The number of rotatable bonds is 5. The summed E-state index contributed by atoms with van der Waals surface area (Å²) in [5, 5.41) is 2.91. The average Bonchev–Trinajstić information content (AvgIpc) is 3.22. The number of nitrogens with one attached hydrogen (secondary N) is 1. The Morgan fingerprint density at radius 2 is 1.90 bits per heavy atom. The predicted molar refractivity (Wildman–Crippen MR) is 112 cm³/mol. The molecule has 0 saturated heterocycles. The summed E-state index contributed by atoms with van der Waals surface area (Å²) in [6.07, 6.45) is -0.917. The van der Waals surface area contributed by atoms with Crippen molar-refractivity contribution in [3.63, 3.8) is 0 Å². The minimum atomic E-state index is -4.64. The van der Waals surface area contributed by atoms with Crippen molar-refractivity contribution in [2.75, 3.05) is 12.4 Å². The van der Waals surface area contributed by atoms with E-state index in [2.05, 4.69) is 5.32 Å². The van der Waals surface area contributed by atoms with Crippen LogP contribution in [-0.2, 0) is 6.18 Å². The van der Waals surface area contributed by atoms with Crippen molar-refractivity contribution in [3.8, 4) is 11.5 Å². The Morgan fingerprint density at radius 3 is 2.58 bits per heavy atom. The average molecular weight is 454 g/mol. The largest absolute Gasteiger partial charge is 0.493 e. The lowest BCUT2D eigenvalue weighted by atomic mass is 10.1. The lowest BCUT2D eigenvalue weighted by Gasteiger charge is -2.19. The molecule has 3 aromatic rings. The van der Waals surface area contributed by atoms with Crippen molar-refractivity contribution in [2.24, 2.45) is 0 Å². The van der Waals surface area contributed by atoms with Crippen LogP contribution < -0.4 is 20.4 Å². The minimum absolute atomic E-state index is 0.0539. The van der Waals surface area contributed by atoms with Crippen LogP contribution in [0.1, 0.15) is 31.2 Å². The SMILES string of the molecule is COc1ccc2c(Nc3c(Cl)cccc3C(F)(F)F)cc(=O)oc2c1OC1CCCC1. The molecule has 5 nitrogen and oxygen atoms in total. The Labute approximate surface area is 180 Å². The summed E-state index contributed by atoms with van der Waals surface area (Å²) in [5.41, 5.74) is -1.83. The van der Waals surface area contributed by atoms with Gasteiger partial charge in [0.1, 0.15) is 0 Å². The number of methoxy groups -OCH3 is 1. The zero-order chi connectivity index (χ0) is 22.2. The molecule has 1 saturated carbocycles. The molecule has 1 heterocycles. The molecule has 1 aliphatic carbocycles. The van der Waals surface area contributed by atoms with E-state index in [0.717, 1.165) is 37.8 Å². The van der Waals surface area contributed by atoms with Crippen LogP contribution in [0.25, 0.3) is 11.0 Å². The van der Waals surface area contributed by atoms with Crippen LogP contribution in [0, 0.1) is 0 Å². The van der Waals surface area contributed by atoms with Crippen molar-refractivity contribution in [1.29, 1.82) is 0 Å². The van der Waals surface area contributed by atoms with E-state index in [9.17, 15) is 18.0 Å². The first kappa shape index (κ1) is 21.4. The second-order valence-electron chi connectivity index (χ2n) is 7.26. The number of hydrogen-bond acceptors (Lipinski definition) is 5. The highest BCUT2D eigenvalue weighted by molar-refractivity contribution is 6.33. The highest BCUT2D eigenvalue weighted by Crippen LogP contribution is 2.43. The molecule has 9 heteroatoms. The molecular formula is C22H19ClF3NO4. The summed E-state index contributed by atoms with van der Waals surface area (Å²) in [5.74, 6) is 0.622. The molecule has 4 rings (SSSR count). The highest BCUT2D eigenvalue weighted by Gasteiger charge is 2.34. The monoisotopic (exact) mass is 453 g/mol. The van der Waals surface area contributed by atoms with Crippen LogP contribution in [0.15, 0.2) is 45.6 Å². The number of benzene rings is 2. The van der Waals surface area contributed by atoms with Gasteiger partial charge in [-0.3, -0.25) is 0 Å². The van der Waals surface area contributed by atoms with Gasteiger partial charge in [-0.1, -0.05) is 17.7 Å². The standard InChI is InChI=1S/C22H19ClF3NO4/c1-29-17-10-9-13-16(27-19-14(22(24,25)26)7-4-8-15(19)23)11-18(28)31-20(13)21(17)30-12-5-2-3-6-12/h4,7-12,27H,2-3,5-6H2,1H3. The van der Waals surface area contributed by atoms with E-state index in [-0.39, 0.29) is 33.8 Å². The summed E-state index contributed by atoms with van der Waals surface area (Å²) < 4.78 is 57.3. The van der Waals surface area contributed by atoms with Crippen LogP contribution in [0.5, 0.6) is 11.5 Å². The summed E-state index contributed by atoms with van der Waals surface area (Å²) in [7, 11) is 1.46. The van der Waals surface area contributed by atoms with Gasteiger partial charge in [0, 0.05) is 11.5 Å². The summed E-state index contributed by atoms with van der Waals surface area (Å²) in [6, 6.07) is 7.76. The summed E-state index contributed by atoms with van der Waals surface area (Å²) in [4.78, 5) is 12.3. The molecule has 0 spiro atoms. The third-order valence-corrected chi connectivity index (χ3v) is 5.53. The quantitative estimate of drug-likeness (QED) is 0.444. The molecule has 0 bridgehead atoms. The molecule has 0 radical (unpaired) electrons. The Morgan fingerprint density at radius 1 is 1.16 bits per heavy atom. The first-order chi connectivity index (χ1) is 14.8. The lowest BCUT2D eigenvalue weighted by Crippen LogP contribution is -2.13. The number of fused-ring (bicyclic) bond motifs is 1. The molecule has 0 aliphatic heterocycles. The number of para-hydroxylation sites is 1. The summed E-state index contributed by atoms with van der Waals surface area (Å²) >= 11 is 6.06. The van der Waals surface area contributed by atoms with Gasteiger partial charge in [-0.05, 0) is 49.9 Å². The normalized spacial score (nSPS) is 14.7. The Kier molecular flexibility index (Phi) is 5.75. The van der Waals surface area contributed by atoms with Gasteiger partial charge in [-0.15, -0.1) is 0 Å². The molecule has 0 atom stereocenters. The molecule has 0 unspecified atom stereocenters. The second kappa shape index (κ2) is 8.34. The third kappa shape index (κ3) is 4.30. The van der Waals surface area contributed by atoms with Gasteiger partial charge in [0.05, 0.1) is 35.2 Å². The van der Waals surface area contributed by atoms with Gasteiger partial charge >= 0.3 is 11.8 Å². The molecule has 164 valence electrons. The molecule has 2 aromatic carbocycles. The topological polar surface area (TPSA) is 60.7 Å². The smallest absolute Gasteiger partial charge is 0.418 e. The van der Waals surface area contributed by atoms with Crippen molar-refractivity contribution in [2.45, 2.75) is 38.0 Å². The molecule has 1 aliphatic rings. The summed E-state index contributed by atoms with van der Waals surface area (Å²) in [6.45, 7) is 0. The fourth-order valence-corrected chi connectivity index (χ4v) is 3.98. The van der Waals surface area contributed by atoms with Crippen LogP contribution in [-0.4, -0.2) is 13.2 Å². The molecular weight excluding hydrogens is 435 g/mol. The zero-order valence-electron chi connectivity index (χ0n) is 16.5. The second-order valence-corrected chi connectivity index (χ2v) is 7.67. The fraction of sp³-hybridized carbons (Fsp3) is 0.318. The third-order valence-electron chi connectivity index (χ3n) is 5.22. The van der Waals surface area contributed by atoms with Gasteiger partial charge in [-0.25, -0.2) is 4.79 Å². The highest BCUT2D eigenvalue weighted by atomic mass is 35.5. The van der Waals surface area contributed by atoms with Gasteiger partial charge in [-0.2, -0.15) is 13.2 Å². The maximum atomic E-state index is 13.5. The first-order valence-corrected chi connectivity index (χ1v) is 10.1. The van der Waals surface area contributed by atoms with Crippen molar-refractivity contribution in [1.82, 2.24) is 0 Å². The molecule has 31 heavy (non-hydrogen) atoms. The Hall–Kier alpha value is -2.87. The number of ether oxygens (including phenoxy) is 2. The number of alkyl halides is 3. The Balaban J connectivity index is 1.86. The number of halogens is 4. The van der Waals surface area contributed by atoms with Crippen LogP contribution >= 0.6 is 11.6 Å². The minimum Gasteiger partial charge on any atom is -0.493 e. The molecule has 1 fully saturated rings. The van der Waals surface area contributed by atoms with Gasteiger partial charge in [0.2, 0.25) is 5.75 Å². The molecule has 0 amide bonds. The van der Waals surface area contributed by atoms with E-state index < -0.39 is 17.4 Å². The van der Waals surface area contributed by atoms with Crippen molar-refractivity contribution >= 4 is 33.9 Å². The lowest BCUT2D eigenvalue weighted by molar-refractivity contribution is -0.136. The fourth-order valence-electron chi connectivity index (χ4n) is 3.75. The Bertz CT molecular complexity index is 1170. The number of anilines is 2. The van der Waals surface area contributed by atoms with Crippen LogP contribution in [0.2, 0.25) is 5.02 Å². The maximum absolute atomic E-state index is 13.5. The van der Waals surface area contributed by atoms with Gasteiger partial charge in [0.15, 0.2) is 11.3 Å². The van der Waals surface area contributed by atoms with E-state index in [0.29, 0.717) is 11.1 Å². The van der Waals surface area contributed by atoms with E-state index in [1.165, 1.54) is 19.2 Å². The molecule has 1 N–H and O–H groups in total. The number of hydrogen-bond donors (Lipinski definition) is 1. The van der Waals surface area contributed by atoms with Crippen molar-refractivity contribution in [3.05, 3.63) is 57.4 Å². The van der Waals surface area contributed by atoms with Crippen LogP contribution in [0.3, 0.4) is 0 Å². The zero-order valence-corrected chi connectivity index (χ0v) is 17.3. The predicted octanol–water partition coefficient (Wildman–Crippen LogP) is 6.54. The van der Waals surface area contributed by atoms with Gasteiger partial charge in [0.25, 0.3) is 0 Å². The van der Waals surface area contributed by atoms with Crippen LogP contribution in [0.4, 0.5) is 24.5 Å². The van der Waals surface area contributed by atoms with E-state index in [4.69, 9.17) is 25.5 Å². The van der Waals surface area contributed by atoms with E-state index in [1.807, 2.05) is 0 Å². The van der Waals surface area contributed by atoms with E-state index in [1.54, 1.807) is 12.1 Å². The molecule has 1 aromatic heterocycles. The maximum Gasteiger partial charge on any atom is 0.418 e. The van der Waals surface area contributed by atoms with Gasteiger partial charge < -0.3 is 19.2 Å². The first-order valence-electron chi connectivity index (χ1n) is 9.72. The van der Waals surface area contributed by atoms with Crippen molar-refractivity contribution < 1.29 is 27.1 Å². The van der Waals surface area contributed by atoms with E-state index >= 15 is 0 Å².